The van der Waals surface area contributed by atoms with Crippen LogP contribution >= 0.6 is 0 Å². The maximum absolute atomic E-state index is 13.7. The largest absolute Gasteiger partial charge is 0.497 e. The van der Waals surface area contributed by atoms with E-state index in [9.17, 15) is 4.79 Å². The van der Waals surface area contributed by atoms with E-state index in [2.05, 4.69) is 21.0 Å². The van der Waals surface area contributed by atoms with Crippen LogP contribution in [-0.2, 0) is 16.1 Å². The first kappa shape index (κ1) is 24.0. The van der Waals surface area contributed by atoms with E-state index in [1.807, 2.05) is 64.9 Å². The highest BCUT2D eigenvalue weighted by Crippen LogP contribution is 2.32. The Bertz CT molecular complexity index is 1640. The highest BCUT2D eigenvalue weighted by Gasteiger charge is 2.31. The molecular formula is C29H29N5O4. The monoisotopic (exact) mass is 511 g/mol. The Balaban J connectivity index is 1.30. The zero-order valence-corrected chi connectivity index (χ0v) is 21.6. The Morgan fingerprint density at radius 1 is 1.11 bits per heavy atom. The van der Waals surface area contributed by atoms with Crippen LogP contribution in [0.4, 0.5) is 0 Å². The van der Waals surface area contributed by atoms with Gasteiger partial charge in [0.25, 0.3) is 0 Å². The van der Waals surface area contributed by atoms with Crippen molar-refractivity contribution in [3.05, 3.63) is 72.3 Å². The maximum atomic E-state index is 13.7. The summed E-state index contributed by atoms with van der Waals surface area (Å²) in [5, 5.41) is 2.08. The quantitative estimate of drug-likeness (QED) is 0.361. The van der Waals surface area contributed by atoms with Crippen LogP contribution in [0, 0.1) is 6.92 Å². The van der Waals surface area contributed by atoms with Crippen molar-refractivity contribution >= 4 is 27.7 Å². The van der Waals surface area contributed by atoms with Crippen molar-refractivity contribution < 1.29 is 19.0 Å². The molecule has 0 bridgehead atoms. The second-order valence-corrected chi connectivity index (χ2v) is 9.39. The number of carbonyl (C=O) groups excluding carboxylic acids is 1. The van der Waals surface area contributed by atoms with Crippen LogP contribution in [0.1, 0.15) is 17.6 Å². The van der Waals surface area contributed by atoms with Crippen molar-refractivity contribution in [2.45, 2.75) is 19.5 Å². The number of fused-ring (bicyclic) bond motifs is 2. The number of carbonyl (C=O) groups is 1. The number of aromatic nitrogens is 4. The molecule has 1 saturated heterocycles. The van der Waals surface area contributed by atoms with Gasteiger partial charge < -0.3 is 28.7 Å². The normalized spacial score (nSPS) is 15.8. The minimum atomic E-state index is -0.332. The first-order chi connectivity index (χ1) is 18.6. The minimum absolute atomic E-state index is 0.00428. The smallest absolute Gasteiger partial charge is 0.243 e. The van der Waals surface area contributed by atoms with Gasteiger partial charge in [-0.15, -0.1) is 0 Å². The molecule has 0 spiro atoms. The number of aryl methyl sites for hydroxylation is 1. The van der Waals surface area contributed by atoms with Crippen LogP contribution in [0.3, 0.4) is 0 Å². The van der Waals surface area contributed by atoms with E-state index in [4.69, 9.17) is 14.2 Å². The lowest BCUT2D eigenvalue weighted by atomic mass is 10.1. The highest BCUT2D eigenvalue weighted by atomic mass is 16.5. The molecule has 1 unspecified atom stereocenters. The summed E-state index contributed by atoms with van der Waals surface area (Å²) in [7, 11) is 3.25. The number of hydrogen-bond donors (Lipinski definition) is 1. The number of hydrogen-bond acceptors (Lipinski definition) is 6. The first-order valence-electron chi connectivity index (χ1n) is 12.6. The van der Waals surface area contributed by atoms with Crippen LogP contribution in [0.5, 0.6) is 11.6 Å². The van der Waals surface area contributed by atoms with Crippen LogP contribution in [0.2, 0.25) is 0 Å². The number of pyridine rings is 1. The van der Waals surface area contributed by atoms with Gasteiger partial charge in [0.15, 0.2) is 0 Å². The summed E-state index contributed by atoms with van der Waals surface area (Å²) in [6.45, 7) is 3.57. The molecular weight excluding hydrogens is 482 g/mol. The lowest BCUT2D eigenvalue weighted by Gasteiger charge is -2.34. The van der Waals surface area contributed by atoms with E-state index < -0.39 is 0 Å². The Labute approximate surface area is 220 Å². The summed E-state index contributed by atoms with van der Waals surface area (Å²) < 4.78 is 18.8. The van der Waals surface area contributed by atoms with Gasteiger partial charge in [0, 0.05) is 29.1 Å². The molecule has 4 heterocycles. The number of rotatable bonds is 6. The van der Waals surface area contributed by atoms with E-state index in [1.54, 1.807) is 20.4 Å². The average Bonchev–Trinajstić information content (AvgIpc) is 3.56. The molecule has 1 fully saturated rings. The minimum Gasteiger partial charge on any atom is -0.497 e. The number of H-pyrrole nitrogens is 1. The van der Waals surface area contributed by atoms with Crippen molar-refractivity contribution in [2.75, 3.05) is 34.0 Å². The van der Waals surface area contributed by atoms with Crippen molar-refractivity contribution in [1.29, 1.82) is 0 Å². The maximum Gasteiger partial charge on any atom is 0.243 e. The number of ether oxygens (including phenoxy) is 3. The van der Waals surface area contributed by atoms with Gasteiger partial charge in [0.1, 0.15) is 24.2 Å². The Morgan fingerprint density at radius 2 is 1.97 bits per heavy atom. The second-order valence-electron chi connectivity index (χ2n) is 9.39. The molecule has 9 heteroatoms. The topological polar surface area (TPSA) is 94.5 Å². The predicted octanol–water partition coefficient (Wildman–Crippen LogP) is 4.51. The Hall–Kier alpha value is -4.37. The highest BCUT2D eigenvalue weighted by molar-refractivity contribution is 5.86. The van der Waals surface area contributed by atoms with E-state index >= 15 is 0 Å². The average molecular weight is 512 g/mol. The van der Waals surface area contributed by atoms with E-state index in [0.717, 1.165) is 44.5 Å². The van der Waals surface area contributed by atoms with Gasteiger partial charge >= 0.3 is 0 Å². The molecule has 1 atom stereocenters. The molecule has 5 aromatic rings. The summed E-state index contributed by atoms with van der Waals surface area (Å²) in [5.74, 6) is 1.94. The molecule has 1 aliphatic heterocycles. The van der Waals surface area contributed by atoms with Crippen molar-refractivity contribution in [3.63, 3.8) is 0 Å². The molecule has 1 aliphatic rings. The van der Waals surface area contributed by atoms with Gasteiger partial charge in [-0.05, 0) is 37.3 Å². The molecule has 9 nitrogen and oxygen atoms in total. The van der Waals surface area contributed by atoms with Gasteiger partial charge in [0.05, 0.1) is 55.9 Å². The fraction of sp³-hybridized carbons (Fsp3) is 0.276. The molecule has 0 radical (unpaired) electrons. The number of imidazole rings is 1. The van der Waals surface area contributed by atoms with Crippen molar-refractivity contribution in [3.8, 4) is 22.9 Å². The Kier molecular flexibility index (Phi) is 6.21. The molecule has 0 aliphatic carbocycles. The molecule has 3 aromatic heterocycles. The van der Waals surface area contributed by atoms with Gasteiger partial charge in [-0.25, -0.2) is 9.97 Å². The van der Waals surface area contributed by atoms with Gasteiger partial charge in [0.2, 0.25) is 11.8 Å². The third-order valence-electron chi connectivity index (χ3n) is 7.14. The summed E-state index contributed by atoms with van der Waals surface area (Å²) in [4.78, 5) is 28.2. The SMILES string of the molecule is COc1ccc2cc(C)n(CC(=O)N3CCOCC3c3ncc(-c4cc5ccccc5nc4OC)[nH]3)c2c1. The fourth-order valence-corrected chi connectivity index (χ4v) is 5.15. The molecule has 194 valence electrons. The van der Waals surface area contributed by atoms with Crippen molar-refractivity contribution in [1.82, 2.24) is 24.4 Å². The van der Waals surface area contributed by atoms with Gasteiger partial charge in [-0.1, -0.05) is 18.2 Å². The van der Waals surface area contributed by atoms with Crippen molar-refractivity contribution in [2.24, 2.45) is 0 Å². The van der Waals surface area contributed by atoms with Crippen LogP contribution in [0.15, 0.2) is 60.8 Å². The summed E-state index contributed by atoms with van der Waals surface area (Å²) in [6, 6.07) is 17.6. The first-order valence-corrected chi connectivity index (χ1v) is 12.6. The molecule has 2 aromatic carbocycles. The Morgan fingerprint density at radius 3 is 2.82 bits per heavy atom. The predicted molar refractivity (Wildman–Crippen MR) is 144 cm³/mol. The summed E-state index contributed by atoms with van der Waals surface area (Å²) in [5.41, 5.74) is 4.42. The van der Waals surface area contributed by atoms with Crippen LogP contribution < -0.4 is 9.47 Å². The number of nitrogens with one attached hydrogen (secondary N) is 1. The number of para-hydroxylation sites is 1. The molecule has 1 N–H and O–H groups in total. The number of nitrogens with zero attached hydrogens (tertiary/aromatic N) is 4. The molecule has 1 amide bonds. The standard InChI is InChI=1S/C29H29N5O4/c1-18-12-20-8-9-21(36-2)14-25(20)34(18)16-27(35)33-10-11-38-17-26(33)28-30-15-24(31-28)22-13-19-6-4-5-7-23(19)32-29(22)37-3/h4-9,12-15,26H,10-11,16-17H2,1-3H3,(H,30,31). The number of morpholine rings is 1. The van der Waals surface area contributed by atoms with E-state index in [-0.39, 0.29) is 18.5 Å². The lowest BCUT2D eigenvalue weighted by Crippen LogP contribution is -2.45. The third-order valence-corrected chi connectivity index (χ3v) is 7.14. The summed E-state index contributed by atoms with van der Waals surface area (Å²) >= 11 is 0. The molecule has 6 rings (SSSR count). The molecule has 38 heavy (non-hydrogen) atoms. The van der Waals surface area contributed by atoms with E-state index in [0.29, 0.717) is 31.5 Å². The van der Waals surface area contributed by atoms with Gasteiger partial charge in [-0.3, -0.25) is 4.79 Å². The van der Waals surface area contributed by atoms with E-state index in [1.165, 1.54) is 0 Å². The number of benzene rings is 2. The summed E-state index contributed by atoms with van der Waals surface area (Å²) in [6.07, 6.45) is 1.76. The van der Waals surface area contributed by atoms with Gasteiger partial charge in [-0.2, -0.15) is 0 Å². The zero-order valence-electron chi connectivity index (χ0n) is 21.6. The molecule has 0 saturated carbocycles. The zero-order chi connectivity index (χ0) is 26.2. The van der Waals surface area contributed by atoms with Crippen LogP contribution in [0.25, 0.3) is 33.1 Å². The number of amides is 1. The number of methoxy groups -OCH3 is 2. The van der Waals surface area contributed by atoms with Crippen LogP contribution in [-0.4, -0.2) is 64.3 Å². The lowest BCUT2D eigenvalue weighted by molar-refractivity contribution is -0.141. The third kappa shape index (κ3) is 4.24. The number of aromatic amines is 1. The fourth-order valence-electron chi connectivity index (χ4n) is 5.15. The second kappa shape index (κ2) is 9.83.